The van der Waals surface area contributed by atoms with Crippen LogP contribution in [0.3, 0.4) is 0 Å². The Morgan fingerprint density at radius 3 is 2.17 bits per heavy atom. The molecule has 2 aromatic rings. The maximum Gasteiger partial charge on any atom is 0.178 e. The molecule has 23 heavy (non-hydrogen) atoms. The SMILES string of the molecule is COc1cc(/C=C/C(=O)/C=C/c2ccc(C)c(C)c2)ccc1O. The number of allylic oxidation sites excluding steroid dienone is 2. The summed E-state index contributed by atoms with van der Waals surface area (Å²) in [4.78, 5) is 11.9. The fourth-order valence-electron chi connectivity index (χ4n) is 2.08. The highest BCUT2D eigenvalue weighted by Crippen LogP contribution is 2.26. The molecule has 0 radical (unpaired) electrons. The third kappa shape index (κ3) is 4.58. The van der Waals surface area contributed by atoms with E-state index < -0.39 is 0 Å². The summed E-state index contributed by atoms with van der Waals surface area (Å²) in [6.07, 6.45) is 6.52. The number of aromatic hydroxyl groups is 1. The van der Waals surface area contributed by atoms with E-state index in [1.165, 1.54) is 36.5 Å². The molecule has 0 unspecified atom stereocenters. The number of aryl methyl sites for hydroxylation is 2. The van der Waals surface area contributed by atoms with Crippen LogP contribution in [-0.4, -0.2) is 18.0 Å². The van der Waals surface area contributed by atoms with E-state index in [1.807, 2.05) is 25.1 Å². The van der Waals surface area contributed by atoms with Gasteiger partial charge in [-0.15, -0.1) is 0 Å². The molecule has 0 aliphatic heterocycles. The molecule has 0 saturated heterocycles. The van der Waals surface area contributed by atoms with Crippen LogP contribution in [0.15, 0.2) is 48.6 Å². The molecule has 118 valence electrons. The molecule has 3 nitrogen and oxygen atoms in total. The lowest BCUT2D eigenvalue weighted by Crippen LogP contribution is -1.87. The van der Waals surface area contributed by atoms with Crippen molar-refractivity contribution in [2.45, 2.75) is 13.8 Å². The number of hydrogen-bond acceptors (Lipinski definition) is 3. The summed E-state index contributed by atoms with van der Waals surface area (Å²) in [5.74, 6) is 0.353. The normalized spacial score (nSPS) is 11.3. The molecule has 0 bridgehead atoms. The second-order valence-electron chi connectivity index (χ2n) is 5.34. The average molecular weight is 308 g/mol. The average Bonchev–Trinajstić information content (AvgIpc) is 2.55. The van der Waals surface area contributed by atoms with E-state index in [2.05, 4.69) is 6.92 Å². The topological polar surface area (TPSA) is 46.5 Å². The molecule has 2 rings (SSSR count). The fraction of sp³-hybridized carbons (Fsp3) is 0.150. The molecule has 2 aromatic carbocycles. The predicted molar refractivity (Wildman–Crippen MR) is 93.6 cm³/mol. The Morgan fingerprint density at radius 2 is 1.57 bits per heavy atom. The zero-order valence-electron chi connectivity index (χ0n) is 13.5. The number of rotatable bonds is 5. The highest BCUT2D eigenvalue weighted by molar-refractivity contribution is 6.04. The molecule has 0 amide bonds. The molecule has 0 atom stereocenters. The van der Waals surface area contributed by atoms with Gasteiger partial charge >= 0.3 is 0 Å². The molecule has 0 saturated carbocycles. The number of ketones is 1. The summed E-state index contributed by atoms with van der Waals surface area (Å²) in [6.45, 7) is 4.11. The Hall–Kier alpha value is -2.81. The highest BCUT2D eigenvalue weighted by atomic mass is 16.5. The second-order valence-corrected chi connectivity index (χ2v) is 5.34. The first-order valence-electron chi connectivity index (χ1n) is 7.34. The molecular formula is C20H20O3. The van der Waals surface area contributed by atoms with Gasteiger partial charge < -0.3 is 9.84 Å². The standard InChI is InChI=1S/C20H20O3/c1-14-4-5-16(12-15(14)2)6-9-18(21)10-7-17-8-11-19(22)20(13-17)23-3/h4-13,22H,1-3H3/b9-6+,10-7+. The number of phenolic OH excluding ortho intramolecular Hbond substituents is 1. The first-order chi connectivity index (χ1) is 11.0. The van der Waals surface area contributed by atoms with Crippen molar-refractivity contribution in [3.63, 3.8) is 0 Å². The van der Waals surface area contributed by atoms with Crippen LogP contribution in [0.4, 0.5) is 0 Å². The van der Waals surface area contributed by atoms with Crippen LogP contribution in [0, 0.1) is 13.8 Å². The number of hydrogen-bond donors (Lipinski definition) is 1. The monoisotopic (exact) mass is 308 g/mol. The molecule has 1 N–H and O–H groups in total. The third-order valence-corrected chi connectivity index (χ3v) is 3.61. The third-order valence-electron chi connectivity index (χ3n) is 3.61. The van der Waals surface area contributed by atoms with Crippen molar-refractivity contribution in [3.05, 3.63) is 70.8 Å². The lowest BCUT2D eigenvalue weighted by molar-refractivity contribution is -0.110. The minimum absolute atomic E-state index is 0.0746. The molecule has 0 aliphatic rings. The maximum absolute atomic E-state index is 11.9. The zero-order valence-corrected chi connectivity index (χ0v) is 13.5. The van der Waals surface area contributed by atoms with Crippen LogP contribution in [0.5, 0.6) is 11.5 Å². The van der Waals surface area contributed by atoms with E-state index in [-0.39, 0.29) is 11.5 Å². The number of ether oxygens (including phenoxy) is 1. The number of carbonyl (C=O) groups excluding carboxylic acids is 1. The Kier molecular flexibility index (Phi) is 5.36. The minimum Gasteiger partial charge on any atom is -0.504 e. The first-order valence-corrected chi connectivity index (χ1v) is 7.34. The van der Waals surface area contributed by atoms with Gasteiger partial charge in [0.15, 0.2) is 17.3 Å². The summed E-state index contributed by atoms with van der Waals surface area (Å²) in [6, 6.07) is 11.0. The van der Waals surface area contributed by atoms with E-state index in [0.29, 0.717) is 5.75 Å². The molecule has 0 aliphatic carbocycles. The Labute approximate surface area is 136 Å². The van der Waals surface area contributed by atoms with Gasteiger partial charge in [-0.25, -0.2) is 0 Å². The van der Waals surface area contributed by atoms with Crippen molar-refractivity contribution < 1.29 is 14.6 Å². The van der Waals surface area contributed by atoms with Gasteiger partial charge in [0, 0.05) is 0 Å². The Morgan fingerprint density at radius 1 is 0.957 bits per heavy atom. The van der Waals surface area contributed by atoms with Crippen LogP contribution < -0.4 is 4.74 Å². The van der Waals surface area contributed by atoms with Crippen molar-refractivity contribution >= 4 is 17.9 Å². The van der Waals surface area contributed by atoms with E-state index in [4.69, 9.17) is 4.74 Å². The zero-order chi connectivity index (χ0) is 16.8. The predicted octanol–water partition coefficient (Wildman–Crippen LogP) is 4.31. The summed E-state index contributed by atoms with van der Waals surface area (Å²) < 4.78 is 5.04. The van der Waals surface area contributed by atoms with Crippen LogP contribution in [0.25, 0.3) is 12.2 Å². The van der Waals surface area contributed by atoms with Gasteiger partial charge in [0.2, 0.25) is 0 Å². The first kappa shape index (κ1) is 16.6. The van der Waals surface area contributed by atoms with Gasteiger partial charge in [0.05, 0.1) is 7.11 Å². The quantitative estimate of drug-likeness (QED) is 0.837. The van der Waals surface area contributed by atoms with Crippen molar-refractivity contribution in [2.75, 3.05) is 7.11 Å². The van der Waals surface area contributed by atoms with Crippen molar-refractivity contribution in [3.8, 4) is 11.5 Å². The molecule has 0 aromatic heterocycles. The second kappa shape index (κ2) is 7.45. The van der Waals surface area contributed by atoms with Crippen molar-refractivity contribution in [2.24, 2.45) is 0 Å². The molecule has 0 spiro atoms. The lowest BCUT2D eigenvalue weighted by Gasteiger charge is -2.03. The van der Waals surface area contributed by atoms with Gasteiger partial charge in [-0.05, 0) is 60.4 Å². The smallest absolute Gasteiger partial charge is 0.178 e. The van der Waals surface area contributed by atoms with Gasteiger partial charge in [-0.3, -0.25) is 4.79 Å². The number of carbonyl (C=O) groups is 1. The van der Waals surface area contributed by atoms with Gasteiger partial charge in [-0.1, -0.05) is 36.4 Å². The van der Waals surface area contributed by atoms with Crippen molar-refractivity contribution in [1.82, 2.24) is 0 Å². The Bertz CT molecular complexity index is 770. The number of methoxy groups -OCH3 is 1. The Balaban J connectivity index is 2.06. The fourth-order valence-corrected chi connectivity index (χ4v) is 2.08. The van der Waals surface area contributed by atoms with Gasteiger partial charge in [-0.2, -0.15) is 0 Å². The number of benzene rings is 2. The van der Waals surface area contributed by atoms with Crippen LogP contribution in [-0.2, 0) is 4.79 Å². The van der Waals surface area contributed by atoms with Crippen molar-refractivity contribution in [1.29, 1.82) is 0 Å². The molecular weight excluding hydrogens is 288 g/mol. The number of phenols is 1. The van der Waals surface area contributed by atoms with Crippen LogP contribution >= 0.6 is 0 Å². The highest BCUT2D eigenvalue weighted by Gasteiger charge is 2.00. The van der Waals surface area contributed by atoms with E-state index in [9.17, 15) is 9.90 Å². The van der Waals surface area contributed by atoms with E-state index >= 15 is 0 Å². The van der Waals surface area contributed by atoms with Crippen LogP contribution in [0.2, 0.25) is 0 Å². The van der Waals surface area contributed by atoms with Crippen LogP contribution in [0.1, 0.15) is 22.3 Å². The van der Waals surface area contributed by atoms with E-state index in [0.717, 1.165) is 11.1 Å². The molecule has 0 heterocycles. The van der Waals surface area contributed by atoms with E-state index in [1.54, 1.807) is 24.3 Å². The molecule has 0 fully saturated rings. The van der Waals surface area contributed by atoms with Gasteiger partial charge in [0.1, 0.15) is 0 Å². The minimum atomic E-state index is -0.102. The summed E-state index contributed by atoms with van der Waals surface area (Å²) in [7, 11) is 1.49. The summed E-state index contributed by atoms with van der Waals surface area (Å²) >= 11 is 0. The van der Waals surface area contributed by atoms with Gasteiger partial charge in [0.25, 0.3) is 0 Å². The lowest BCUT2D eigenvalue weighted by atomic mass is 10.1. The molecule has 3 heteroatoms. The largest absolute Gasteiger partial charge is 0.504 e. The summed E-state index contributed by atoms with van der Waals surface area (Å²) in [5, 5.41) is 9.54. The maximum atomic E-state index is 11.9. The summed E-state index contributed by atoms with van der Waals surface area (Å²) in [5.41, 5.74) is 4.22.